The minimum absolute atomic E-state index is 0. The van der Waals surface area contributed by atoms with Crippen LogP contribution in [0.4, 0.5) is 17.1 Å². The van der Waals surface area contributed by atoms with Crippen LogP contribution < -0.4 is 5.73 Å². The number of anilines is 1. The molecule has 4 rings (SSSR count). The summed E-state index contributed by atoms with van der Waals surface area (Å²) in [7, 11) is 0. The Morgan fingerprint density at radius 1 is 0.821 bits per heavy atom. The third-order valence-corrected chi connectivity index (χ3v) is 4.70. The number of phenolic OH excluding ortho intramolecular Hbond substituents is 1. The van der Waals surface area contributed by atoms with Gasteiger partial charge in [-0.2, -0.15) is 10.2 Å². The van der Waals surface area contributed by atoms with E-state index in [1.165, 1.54) is 0 Å². The number of azo groups is 1. The lowest BCUT2D eigenvalue weighted by Crippen LogP contribution is -1.93. The number of aromatic nitrogens is 1. The van der Waals surface area contributed by atoms with Crippen molar-refractivity contribution in [3.05, 3.63) is 65.2 Å². The molecule has 6 nitrogen and oxygen atoms in total. The van der Waals surface area contributed by atoms with Gasteiger partial charge in [-0.1, -0.05) is 11.6 Å². The molecule has 0 fully saturated rings. The number of nitrogens with two attached hydrogens (primary N) is 1. The topological polar surface area (TPSA) is 115 Å². The zero-order chi connectivity index (χ0) is 19.1. The molecule has 0 aliphatic carbocycles. The fourth-order valence-corrected chi connectivity index (χ4v) is 3.34. The molecule has 0 saturated heterocycles. The van der Waals surface area contributed by atoms with Gasteiger partial charge in [-0.05, 0) is 74.4 Å². The summed E-state index contributed by atoms with van der Waals surface area (Å²) in [5.74, 6) is 0.233. The van der Waals surface area contributed by atoms with E-state index >= 15 is 0 Å². The first-order valence-corrected chi connectivity index (χ1v) is 8.74. The molecule has 1 heterocycles. The second kappa shape index (κ2) is 7.25. The van der Waals surface area contributed by atoms with Crippen molar-refractivity contribution in [2.75, 3.05) is 5.73 Å². The van der Waals surface area contributed by atoms with Crippen molar-refractivity contribution in [1.29, 1.82) is 0 Å². The number of pyridine rings is 1. The van der Waals surface area contributed by atoms with Gasteiger partial charge in [0.1, 0.15) is 5.75 Å². The van der Waals surface area contributed by atoms with E-state index in [0.717, 1.165) is 49.9 Å². The normalized spacial score (nSPS) is 11.2. The van der Waals surface area contributed by atoms with Crippen molar-refractivity contribution in [1.82, 2.24) is 4.98 Å². The molecule has 4 aromatic rings. The molecule has 0 radical (unpaired) electrons. The highest BCUT2D eigenvalue weighted by Gasteiger charge is 2.08. The summed E-state index contributed by atoms with van der Waals surface area (Å²) in [5, 5.41) is 20.3. The fourth-order valence-electron chi connectivity index (χ4n) is 3.34. The lowest BCUT2D eigenvalue weighted by atomic mass is 10.1. The molecule has 1 aromatic heterocycles. The smallest absolute Gasteiger partial charge is 0.116 e. The van der Waals surface area contributed by atoms with Crippen molar-refractivity contribution >= 4 is 38.9 Å². The van der Waals surface area contributed by atoms with Crippen LogP contribution >= 0.6 is 0 Å². The van der Waals surface area contributed by atoms with Crippen molar-refractivity contribution in [3.8, 4) is 5.75 Å². The van der Waals surface area contributed by atoms with Crippen LogP contribution in [0, 0.1) is 20.8 Å². The van der Waals surface area contributed by atoms with Crippen LogP contribution in [0.25, 0.3) is 21.8 Å². The molecule has 0 atom stereocenters. The highest BCUT2D eigenvalue weighted by Crippen LogP contribution is 2.33. The first-order chi connectivity index (χ1) is 12.9. The largest absolute Gasteiger partial charge is 0.508 e. The van der Waals surface area contributed by atoms with Crippen LogP contribution in [0.1, 0.15) is 16.7 Å². The molecule has 0 aliphatic rings. The summed E-state index contributed by atoms with van der Waals surface area (Å²) in [4.78, 5) is 4.73. The maximum atomic E-state index is 9.66. The Hall–Kier alpha value is -3.51. The number of phenols is 1. The SMILES string of the molecule is Cc1ccc2nc3cc(N=Nc4c(C)cc(O)cc4C)ccc3c(N)c2c1.O. The van der Waals surface area contributed by atoms with Crippen LogP contribution in [0.15, 0.2) is 58.8 Å². The quantitative estimate of drug-likeness (QED) is 0.371. The number of hydrogen-bond acceptors (Lipinski definition) is 5. The molecule has 0 bridgehead atoms. The van der Waals surface area contributed by atoms with Gasteiger partial charge < -0.3 is 16.3 Å². The average Bonchev–Trinajstić information content (AvgIpc) is 2.61. The van der Waals surface area contributed by atoms with E-state index in [4.69, 9.17) is 10.7 Å². The molecular formula is C22H22N4O2. The molecule has 6 heteroatoms. The molecular weight excluding hydrogens is 352 g/mol. The Morgan fingerprint density at radius 2 is 1.54 bits per heavy atom. The van der Waals surface area contributed by atoms with Crippen LogP contribution in [0.5, 0.6) is 5.75 Å². The zero-order valence-corrected chi connectivity index (χ0v) is 16.0. The highest BCUT2D eigenvalue weighted by atomic mass is 16.3. The van der Waals surface area contributed by atoms with Gasteiger partial charge in [0.15, 0.2) is 0 Å². The van der Waals surface area contributed by atoms with Gasteiger partial charge in [-0.25, -0.2) is 4.98 Å². The second-order valence-electron chi connectivity index (χ2n) is 6.88. The summed E-state index contributed by atoms with van der Waals surface area (Å²) in [5.41, 5.74) is 13.1. The Bertz CT molecular complexity index is 1210. The summed E-state index contributed by atoms with van der Waals surface area (Å²) in [6.45, 7) is 5.84. The number of rotatable bonds is 2. The van der Waals surface area contributed by atoms with Crippen molar-refractivity contribution in [2.24, 2.45) is 10.2 Å². The lowest BCUT2D eigenvalue weighted by molar-refractivity contribution is 0.474. The van der Waals surface area contributed by atoms with Crippen LogP contribution in [0.2, 0.25) is 0 Å². The van der Waals surface area contributed by atoms with Gasteiger partial charge in [0, 0.05) is 10.8 Å². The van der Waals surface area contributed by atoms with Gasteiger partial charge in [0.25, 0.3) is 0 Å². The minimum atomic E-state index is 0. The molecule has 3 aromatic carbocycles. The molecule has 0 saturated carbocycles. The Labute approximate surface area is 162 Å². The standard InChI is InChI=1S/C22H20N4O.H2O/c1-12-4-7-19-18(8-12)21(23)17-6-5-15(11-20(17)24-19)25-26-22-13(2)9-16(27)10-14(22)3;/h4-11,27H,1-3H3,(H2,23,24);1H2. The molecule has 0 spiro atoms. The third-order valence-electron chi connectivity index (χ3n) is 4.70. The van der Waals surface area contributed by atoms with Crippen molar-refractivity contribution in [2.45, 2.75) is 20.8 Å². The molecule has 142 valence electrons. The van der Waals surface area contributed by atoms with Gasteiger partial charge in [-0.3, -0.25) is 0 Å². The monoisotopic (exact) mass is 374 g/mol. The van der Waals surface area contributed by atoms with E-state index in [2.05, 4.69) is 16.3 Å². The molecule has 0 aliphatic heterocycles. The zero-order valence-electron chi connectivity index (χ0n) is 16.0. The Kier molecular flexibility index (Phi) is 4.98. The van der Waals surface area contributed by atoms with E-state index < -0.39 is 0 Å². The number of hydrogen-bond donors (Lipinski definition) is 2. The van der Waals surface area contributed by atoms with E-state index in [1.54, 1.807) is 12.1 Å². The maximum Gasteiger partial charge on any atom is 0.116 e. The number of fused-ring (bicyclic) bond motifs is 2. The highest BCUT2D eigenvalue weighted by molar-refractivity contribution is 6.07. The maximum absolute atomic E-state index is 9.66. The van der Waals surface area contributed by atoms with Gasteiger partial charge in [-0.15, -0.1) is 0 Å². The number of aromatic hydroxyl groups is 1. The molecule has 0 unspecified atom stereocenters. The Balaban J connectivity index is 0.00000225. The summed E-state index contributed by atoms with van der Waals surface area (Å²) in [6, 6.07) is 15.1. The first-order valence-electron chi connectivity index (χ1n) is 8.74. The summed E-state index contributed by atoms with van der Waals surface area (Å²) < 4.78 is 0. The van der Waals surface area contributed by atoms with E-state index in [-0.39, 0.29) is 11.2 Å². The number of nitrogens with zero attached hydrogens (tertiary/aromatic N) is 3. The van der Waals surface area contributed by atoms with Gasteiger partial charge >= 0.3 is 0 Å². The van der Waals surface area contributed by atoms with Gasteiger partial charge in [0.2, 0.25) is 0 Å². The number of benzene rings is 3. The average molecular weight is 374 g/mol. The molecule has 5 N–H and O–H groups in total. The van der Waals surface area contributed by atoms with E-state index in [9.17, 15) is 5.11 Å². The van der Waals surface area contributed by atoms with Crippen molar-refractivity contribution in [3.63, 3.8) is 0 Å². The lowest BCUT2D eigenvalue weighted by Gasteiger charge is -2.08. The first kappa shape index (κ1) is 19.3. The van der Waals surface area contributed by atoms with Crippen LogP contribution in [-0.4, -0.2) is 15.6 Å². The Morgan fingerprint density at radius 3 is 2.25 bits per heavy atom. The number of nitrogen functional groups attached to an aromatic ring is 1. The predicted molar refractivity (Wildman–Crippen MR) is 114 cm³/mol. The van der Waals surface area contributed by atoms with E-state index in [0.29, 0.717) is 5.69 Å². The third kappa shape index (κ3) is 3.37. The summed E-state index contributed by atoms with van der Waals surface area (Å²) in [6.07, 6.45) is 0. The molecule has 28 heavy (non-hydrogen) atoms. The second-order valence-corrected chi connectivity index (χ2v) is 6.88. The van der Waals surface area contributed by atoms with Crippen LogP contribution in [0.3, 0.4) is 0 Å². The van der Waals surface area contributed by atoms with Crippen molar-refractivity contribution < 1.29 is 10.6 Å². The number of aryl methyl sites for hydroxylation is 3. The molecule has 0 amide bonds. The van der Waals surface area contributed by atoms with E-state index in [1.807, 2.05) is 51.1 Å². The van der Waals surface area contributed by atoms with Crippen LogP contribution in [-0.2, 0) is 0 Å². The van der Waals surface area contributed by atoms with Gasteiger partial charge in [0.05, 0.1) is 28.1 Å². The minimum Gasteiger partial charge on any atom is -0.508 e. The fraction of sp³-hybridized carbons (Fsp3) is 0.136. The predicted octanol–water partition coefficient (Wildman–Crippen LogP) is 5.19. The summed E-state index contributed by atoms with van der Waals surface area (Å²) >= 11 is 0.